The van der Waals surface area contributed by atoms with Crippen LogP contribution in [0.2, 0.25) is 0 Å². The Bertz CT molecular complexity index is 403. The van der Waals surface area contributed by atoms with Crippen molar-refractivity contribution in [3.8, 4) is 12.3 Å². The number of hydrogen-bond donors (Lipinski definition) is 2. The molecule has 98 valence electrons. The molecule has 2 N–H and O–H groups in total. The van der Waals surface area contributed by atoms with Crippen molar-refractivity contribution in [2.75, 3.05) is 34.2 Å². The van der Waals surface area contributed by atoms with Crippen LogP contribution in [0.15, 0.2) is 27.8 Å². The molecule has 0 aliphatic rings. The van der Waals surface area contributed by atoms with E-state index in [0.29, 0.717) is 19.0 Å². The van der Waals surface area contributed by atoms with Crippen molar-refractivity contribution in [3.05, 3.63) is 24.2 Å². The second kappa shape index (κ2) is 7.41. The molecule has 0 spiro atoms. The first kappa shape index (κ1) is 14.1. The van der Waals surface area contributed by atoms with Crippen molar-refractivity contribution in [2.24, 2.45) is 4.99 Å². The molecule has 0 aromatic carbocycles. The maximum Gasteiger partial charge on any atom is 0.191 e. The van der Waals surface area contributed by atoms with Crippen LogP contribution < -0.4 is 10.6 Å². The normalized spacial score (nSPS) is 13.2. The summed E-state index contributed by atoms with van der Waals surface area (Å²) in [6.45, 7) is 1.14. The van der Waals surface area contributed by atoms with E-state index in [4.69, 9.17) is 10.8 Å². The standard InChI is InChI=1S/C13H20N4O/c1-5-8-15-13(14-2)16-10-11(17(3)4)12-7-6-9-18-12/h1,6-7,9,11H,8,10H2,2-4H3,(H2,14,15,16). The number of guanidine groups is 1. The molecule has 18 heavy (non-hydrogen) atoms. The van der Waals surface area contributed by atoms with E-state index in [9.17, 15) is 0 Å². The Kier molecular flexibility index (Phi) is 5.81. The zero-order valence-corrected chi connectivity index (χ0v) is 11.1. The van der Waals surface area contributed by atoms with Crippen LogP contribution in [0.4, 0.5) is 0 Å². The predicted molar refractivity (Wildman–Crippen MR) is 73.3 cm³/mol. The van der Waals surface area contributed by atoms with E-state index in [-0.39, 0.29) is 6.04 Å². The number of hydrogen-bond acceptors (Lipinski definition) is 3. The van der Waals surface area contributed by atoms with Gasteiger partial charge in [-0.05, 0) is 26.2 Å². The Hall–Kier alpha value is -1.93. The summed E-state index contributed by atoms with van der Waals surface area (Å²) < 4.78 is 5.43. The van der Waals surface area contributed by atoms with Crippen LogP contribution in [0.1, 0.15) is 11.8 Å². The topological polar surface area (TPSA) is 52.8 Å². The van der Waals surface area contributed by atoms with Crippen molar-refractivity contribution in [2.45, 2.75) is 6.04 Å². The van der Waals surface area contributed by atoms with Crippen molar-refractivity contribution < 1.29 is 4.42 Å². The van der Waals surface area contributed by atoms with Crippen LogP contribution in [0.3, 0.4) is 0 Å². The number of furan rings is 1. The van der Waals surface area contributed by atoms with Gasteiger partial charge >= 0.3 is 0 Å². The van der Waals surface area contributed by atoms with E-state index in [1.165, 1.54) is 0 Å². The van der Waals surface area contributed by atoms with E-state index >= 15 is 0 Å². The average Bonchev–Trinajstić information content (AvgIpc) is 2.86. The molecule has 1 aromatic rings. The molecule has 0 saturated carbocycles. The van der Waals surface area contributed by atoms with Gasteiger partial charge in [0.15, 0.2) is 5.96 Å². The van der Waals surface area contributed by atoms with Crippen molar-refractivity contribution in [1.29, 1.82) is 0 Å². The number of rotatable bonds is 5. The lowest BCUT2D eigenvalue weighted by atomic mass is 10.2. The smallest absolute Gasteiger partial charge is 0.191 e. The van der Waals surface area contributed by atoms with Crippen LogP contribution >= 0.6 is 0 Å². The maximum absolute atomic E-state index is 5.43. The van der Waals surface area contributed by atoms with Gasteiger partial charge in [-0.1, -0.05) is 5.92 Å². The zero-order valence-electron chi connectivity index (χ0n) is 11.1. The van der Waals surface area contributed by atoms with Gasteiger partial charge in [-0.2, -0.15) is 0 Å². The molecule has 5 nitrogen and oxygen atoms in total. The SMILES string of the molecule is C#CCNC(=NC)NCC(c1ccco1)N(C)C. The van der Waals surface area contributed by atoms with Gasteiger partial charge in [0.2, 0.25) is 0 Å². The molecule has 1 heterocycles. The highest BCUT2D eigenvalue weighted by atomic mass is 16.3. The van der Waals surface area contributed by atoms with Crippen LogP contribution in [0.25, 0.3) is 0 Å². The monoisotopic (exact) mass is 248 g/mol. The minimum absolute atomic E-state index is 0.143. The predicted octanol–water partition coefficient (Wildman–Crippen LogP) is 0.680. The number of likely N-dealkylation sites (N-methyl/N-ethyl adjacent to an activating group) is 1. The van der Waals surface area contributed by atoms with E-state index in [1.54, 1.807) is 13.3 Å². The lowest BCUT2D eigenvalue weighted by molar-refractivity contribution is 0.258. The van der Waals surface area contributed by atoms with E-state index in [0.717, 1.165) is 5.76 Å². The molecule has 5 heteroatoms. The summed E-state index contributed by atoms with van der Waals surface area (Å²) in [4.78, 5) is 6.17. The fourth-order valence-electron chi connectivity index (χ4n) is 1.57. The summed E-state index contributed by atoms with van der Waals surface area (Å²) in [7, 11) is 5.72. The summed E-state index contributed by atoms with van der Waals surface area (Å²) >= 11 is 0. The minimum atomic E-state index is 0.143. The number of nitrogens with zero attached hydrogens (tertiary/aromatic N) is 2. The Labute approximate surface area is 108 Å². The maximum atomic E-state index is 5.43. The van der Waals surface area contributed by atoms with Gasteiger partial charge in [-0.25, -0.2) is 0 Å². The summed E-state index contributed by atoms with van der Waals surface area (Å²) in [6.07, 6.45) is 6.87. The molecule has 0 amide bonds. The molecule has 0 fully saturated rings. The lowest BCUT2D eigenvalue weighted by Crippen LogP contribution is -2.41. The second-order valence-corrected chi connectivity index (χ2v) is 4.01. The van der Waals surface area contributed by atoms with Gasteiger partial charge in [0.05, 0.1) is 18.8 Å². The Morgan fingerprint density at radius 3 is 2.83 bits per heavy atom. The minimum Gasteiger partial charge on any atom is -0.468 e. The molecule has 1 aromatic heterocycles. The Morgan fingerprint density at radius 2 is 2.33 bits per heavy atom. The summed E-state index contributed by atoms with van der Waals surface area (Å²) in [5.41, 5.74) is 0. The van der Waals surface area contributed by atoms with Crippen molar-refractivity contribution in [1.82, 2.24) is 15.5 Å². The summed E-state index contributed by atoms with van der Waals surface area (Å²) in [6, 6.07) is 3.99. The summed E-state index contributed by atoms with van der Waals surface area (Å²) in [5, 5.41) is 6.23. The highest BCUT2D eigenvalue weighted by Crippen LogP contribution is 2.17. The largest absolute Gasteiger partial charge is 0.468 e. The van der Waals surface area contributed by atoms with Crippen molar-refractivity contribution in [3.63, 3.8) is 0 Å². The molecular weight excluding hydrogens is 228 g/mol. The fraction of sp³-hybridized carbons (Fsp3) is 0.462. The number of aliphatic imine (C=N–C) groups is 1. The van der Waals surface area contributed by atoms with Crippen LogP contribution in [-0.4, -0.2) is 45.1 Å². The first-order chi connectivity index (χ1) is 8.69. The zero-order chi connectivity index (χ0) is 13.4. The third kappa shape index (κ3) is 4.15. The highest BCUT2D eigenvalue weighted by Gasteiger charge is 2.16. The average molecular weight is 248 g/mol. The molecule has 0 radical (unpaired) electrons. The van der Waals surface area contributed by atoms with Crippen LogP contribution in [0, 0.1) is 12.3 Å². The number of terminal acetylenes is 1. The van der Waals surface area contributed by atoms with Gasteiger partial charge in [0.1, 0.15) is 5.76 Å². The molecule has 0 aliphatic carbocycles. The van der Waals surface area contributed by atoms with E-state index < -0.39 is 0 Å². The first-order valence-corrected chi connectivity index (χ1v) is 5.76. The summed E-state index contributed by atoms with van der Waals surface area (Å²) in [5.74, 6) is 4.11. The Balaban J connectivity index is 2.56. The highest BCUT2D eigenvalue weighted by molar-refractivity contribution is 5.79. The quantitative estimate of drug-likeness (QED) is 0.457. The molecule has 0 saturated heterocycles. The molecule has 0 bridgehead atoms. The van der Waals surface area contributed by atoms with Crippen LogP contribution in [0.5, 0.6) is 0 Å². The second-order valence-electron chi connectivity index (χ2n) is 4.01. The molecule has 1 unspecified atom stereocenters. The molecule has 1 atom stereocenters. The van der Waals surface area contributed by atoms with Gasteiger partial charge in [-0.15, -0.1) is 6.42 Å². The Morgan fingerprint density at radius 1 is 1.56 bits per heavy atom. The first-order valence-electron chi connectivity index (χ1n) is 5.76. The van der Waals surface area contributed by atoms with Crippen molar-refractivity contribution >= 4 is 5.96 Å². The van der Waals surface area contributed by atoms with Gasteiger partial charge in [0, 0.05) is 13.6 Å². The number of nitrogens with one attached hydrogen (secondary N) is 2. The van der Waals surface area contributed by atoms with Gasteiger partial charge < -0.3 is 15.1 Å². The molecule has 0 aliphatic heterocycles. The lowest BCUT2D eigenvalue weighted by Gasteiger charge is -2.23. The fourth-order valence-corrected chi connectivity index (χ4v) is 1.57. The third-order valence-corrected chi connectivity index (χ3v) is 2.54. The third-order valence-electron chi connectivity index (χ3n) is 2.54. The van der Waals surface area contributed by atoms with E-state index in [2.05, 4.69) is 26.4 Å². The molecular formula is C13H20N4O. The molecule has 1 rings (SSSR count). The van der Waals surface area contributed by atoms with Gasteiger partial charge in [0.25, 0.3) is 0 Å². The van der Waals surface area contributed by atoms with E-state index in [1.807, 2.05) is 26.2 Å². The van der Waals surface area contributed by atoms with Gasteiger partial charge in [-0.3, -0.25) is 9.89 Å². The van der Waals surface area contributed by atoms with Crippen LogP contribution in [-0.2, 0) is 0 Å².